The van der Waals surface area contributed by atoms with Gasteiger partial charge in [-0.05, 0) is 6.07 Å². The maximum atomic E-state index is 8.82. The molecule has 0 atom stereocenters. The lowest BCUT2D eigenvalue weighted by Gasteiger charge is -2.01. The van der Waals surface area contributed by atoms with Gasteiger partial charge in [0.15, 0.2) is 5.82 Å². The second kappa shape index (κ2) is 4.66. The standard InChI is InChI=1S/C12H12N2O/c15-9-7-11-6-8-13-12(14-11)10-4-2-1-3-5-10/h1-6,8,15H,7,9H2. The van der Waals surface area contributed by atoms with Crippen LogP contribution in [-0.2, 0) is 6.42 Å². The number of aliphatic hydroxyl groups excluding tert-OH is 1. The molecule has 0 aliphatic rings. The minimum absolute atomic E-state index is 0.116. The highest BCUT2D eigenvalue weighted by Crippen LogP contribution is 2.13. The minimum Gasteiger partial charge on any atom is -0.396 e. The third-order valence-electron chi connectivity index (χ3n) is 2.11. The van der Waals surface area contributed by atoms with E-state index in [-0.39, 0.29) is 6.61 Å². The average molecular weight is 200 g/mol. The van der Waals surface area contributed by atoms with E-state index in [4.69, 9.17) is 5.11 Å². The number of aromatic nitrogens is 2. The molecule has 1 N–H and O–H groups in total. The van der Waals surface area contributed by atoms with E-state index in [0.717, 1.165) is 11.3 Å². The van der Waals surface area contributed by atoms with Crippen molar-refractivity contribution in [1.29, 1.82) is 0 Å². The Hall–Kier alpha value is -1.74. The molecule has 3 heteroatoms. The number of rotatable bonds is 3. The van der Waals surface area contributed by atoms with Crippen LogP contribution in [0.4, 0.5) is 0 Å². The van der Waals surface area contributed by atoms with E-state index in [9.17, 15) is 0 Å². The maximum Gasteiger partial charge on any atom is 0.159 e. The van der Waals surface area contributed by atoms with Gasteiger partial charge in [-0.2, -0.15) is 0 Å². The van der Waals surface area contributed by atoms with Gasteiger partial charge >= 0.3 is 0 Å². The number of aliphatic hydroxyl groups is 1. The summed E-state index contributed by atoms with van der Waals surface area (Å²) in [6, 6.07) is 11.6. The Morgan fingerprint density at radius 2 is 1.87 bits per heavy atom. The van der Waals surface area contributed by atoms with Crippen molar-refractivity contribution in [1.82, 2.24) is 9.97 Å². The van der Waals surface area contributed by atoms with Crippen molar-refractivity contribution in [3.8, 4) is 11.4 Å². The predicted octanol–water partition coefficient (Wildman–Crippen LogP) is 1.68. The summed E-state index contributed by atoms with van der Waals surface area (Å²) in [7, 11) is 0. The maximum absolute atomic E-state index is 8.82. The van der Waals surface area contributed by atoms with Gasteiger partial charge in [0.2, 0.25) is 0 Å². The van der Waals surface area contributed by atoms with Gasteiger partial charge in [0, 0.05) is 30.5 Å². The normalized spacial score (nSPS) is 10.2. The summed E-state index contributed by atoms with van der Waals surface area (Å²) in [6.07, 6.45) is 2.29. The van der Waals surface area contributed by atoms with Crippen LogP contribution in [0.15, 0.2) is 42.6 Å². The fourth-order valence-corrected chi connectivity index (χ4v) is 1.38. The van der Waals surface area contributed by atoms with E-state index < -0.39 is 0 Å². The Morgan fingerprint density at radius 3 is 2.60 bits per heavy atom. The van der Waals surface area contributed by atoms with Gasteiger partial charge in [-0.3, -0.25) is 0 Å². The molecule has 1 aromatic carbocycles. The zero-order valence-electron chi connectivity index (χ0n) is 8.30. The number of nitrogens with zero attached hydrogens (tertiary/aromatic N) is 2. The highest BCUT2D eigenvalue weighted by atomic mass is 16.3. The second-order valence-corrected chi connectivity index (χ2v) is 3.21. The molecule has 0 fully saturated rings. The van der Waals surface area contributed by atoms with E-state index in [1.165, 1.54) is 0 Å². The summed E-state index contributed by atoms with van der Waals surface area (Å²) in [5, 5.41) is 8.82. The van der Waals surface area contributed by atoms with Crippen molar-refractivity contribution in [2.45, 2.75) is 6.42 Å². The molecule has 2 rings (SSSR count). The Kier molecular flexibility index (Phi) is 3.05. The lowest BCUT2D eigenvalue weighted by molar-refractivity contribution is 0.298. The Morgan fingerprint density at radius 1 is 1.07 bits per heavy atom. The molecule has 15 heavy (non-hydrogen) atoms. The van der Waals surface area contributed by atoms with Crippen LogP contribution >= 0.6 is 0 Å². The molecule has 0 saturated heterocycles. The summed E-state index contributed by atoms with van der Waals surface area (Å²) in [4.78, 5) is 8.56. The van der Waals surface area contributed by atoms with Gasteiger partial charge in [0.1, 0.15) is 0 Å². The molecule has 0 amide bonds. The molecule has 0 radical (unpaired) electrons. The van der Waals surface area contributed by atoms with E-state index in [1.54, 1.807) is 6.20 Å². The zero-order valence-corrected chi connectivity index (χ0v) is 8.30. The van der Waals surface area contributed by atoms with Gasteiger partial charge < -0.3 is 5.11 Å². The van der Waals surface area contributed by atoms with Crippen molar-refractivity contribution in [2.24, 2.45) is 0 Å². The van der Waals surface area contributed by atoms with Crippen molar-refractivity contribution in [3.63, 3.8) is 0 Å². The molecule has 0 aliphatic heterocycles. The first-order valence-electron chi connectivity index (χ1n) is 4.88. The smallest absolute Gasteiger partial charge is 0.159 e. The van der Waals surface area contributed by atoms with Gasteiger partial charge in [-0.25, -0.2) is 9.97 Å². The van der Waals surface area contributed by atoms with Gasteiger partial charge in [0.05, 0.1) is 0 Å². The van der Waals surface area contributed by atoms with Crippen molar-refractivity contribution < 1.29 is 5.11 Å². The molecule has 1 heterocycles. The third-order valence-corrected chi connectivity index (χ3v) is 2.11. The van der Waals surface area contributed by atoms with Crippen LogP contribution in [0.2, 0.25) is 0 Å². The van der Waals surface area contributed by atoms with Crippen LogP contribution in [0, 0.1) is 0 Å². The number of hydrogen-bond acceptors (Lipinski definition) is 3. The molecular formula is C12H12N2O. The molecule has 0 bridgehead atoms. The van der Waals surface area contributed by atoms with Crippen LogP contribution in [-0.4, -0.2) is 21.7 Å². The summed E-state index contributed by atoms with van der Waals surface area (Å²) < 4.78 is 0. The van der Waals surface area contributed by atoms with Crippen LogP contribution in [0.1, 0.15) is 5.69 Å². The zero-order chi connectivity index (χ0) is 10.5. The molecule has 76 valence electrons. The highest BCUT2D eigenvalue weighted by molar-refractivity contribution is 5.54. The van der Waals surface area contributed by atoms with Crippen molar-refractivity contribution >= 4 is 0 Å². The van der Waals surface area contributed by atoms with E-state index in [2.05, 4.69) is 9.97 Å². The van der Waals surface area contributed by atoms with E-state index in [0.29, 0.717) is 12.2 Å². The SMILES string of the molecule is OCCc1ccnc(-c2ccccc2)n1. The first kappa shape index (κ1) is 9.80. The van der Waals surface area contributed by atoms with E-state index in [1.807, 2.05) is 36.4 Å². The van der Waals surface area contributed by atoms with Crippen LogP contribution in [0.5, 0.6) is 0 Å². The lowest BCUT2D eigenvalue weighted by Crippen LogP contribution is -1.97. The second-order valence-electron chi connectivity index (χ2n) is 3.21. The molecular weight excluding hydrogens is 188 g/mol. The summed E-state index contributed by atoms with van der Waals surface area (Å²) >= 11 is 0. The highest BCUT2D eigenvalue weighted by Gasteiger charge is 2.00. The molecule has 0 spiro atoms. The van der Waals surface area contributed by atoms with Crippen LogP contribution < -0.4 is 0 Å². The van der Waals surface area contributed by atoms with Crippen LogP contribution in [0.25, 0.3) is 11.4 Å². The Balaban J connectivity index is 2.33. The van der Waals surface area contributed by atoms with Crippen LogP contribution in [0.3, 0.4) is 0 Å². The van der Waals surface area contributed by atoms with Gasteiger partial charge in [-0.1, -0.05) is 30.3 Å². The summed E-state index contributed by atoms with van der Waals surface area (Å²) in [6.45, 7) is 0.116. The third kappa shape index (κ3) is 2.39. The summed E-state index contributed by atoms with van der Waals surface area (Å²) in [5.74, 6) is 0.710. The molecule has 1 aromatic heterocycles. The van der Waals surface area contributed by atoms with E-state index >= 15 is 0 Å². The quantitative estimate of drug-likeness (QED) is 0.819. The monoisotopic (exact) mass is 200 g/mol. The van der Waals surface area contributed by atoms with Gasteiger partial charge in [-0.15, -0.1) is 0 Å². The Bertz CT molecular complexity index is 429. The molecule has 0 aliphatic carbocycles. The fraction of sp³-hybridized carbons (Fsp3) is 0.167. The fourth-order valence-electron chi connectivity index (χ4n) is 1.38. The molecule has 2 aromatic rings. The average Bonchev–Trinajstić information content (AvgIpc) is 2.31. The van der Waals surface area contributed by atoms with Crippen molar-refractivity contribution in [2.75, 3.05) is 6.61 Å². The topological polar surface area (TPSA) is 46.0 Å². The molecule has 0 saturated carbocycles. The molecule has 0 unspecified atom stereocenters. The molecule has 3 nitrogen and oxygen atoms in total. The largest absolute Gasteiger partial charge is 0.396 e. The lowest BCUT2D eigenvalue weighted by atomic mass is 10.2. The minimum atomic E-state index is 0.116. The van der Waals surface area contributed by atoms with Crippen molar-refractivity contribution in [3.05, 3.63) is 48.3 Å². The number of hydrogen-bond donors (Lipinski definition) is 1. The summed E-state index contributed by atoms with van der Waals surface area (Å²) in [5.41, 5.74) is 1.86. The number of benzene rings is 1. The first-order chi connectivity index (χ1) is 7.40. The predicted molar refractivity (Wildman–Crippen MR) is 58.3 cm³/mol. The Labute approximate surface area is 88.5 Å². The first-order valence-corrected chi connectivity index (χ1v) is 4.88. The van der Waals surface area contributed by atoms with Gasteiger partial charge in [0.25, 0.3) is 0 Å².